The molecule has 0 spiro atoms. The number of rotatable bonds is 6. The van der Waals surface area contributed by atoms with Crippen LogP contribution in [0.4, 0.5) is 5.69 Å². The maximum Gasteiger partial charge on any atom is 0.331 e. The first kappa shape index (κ1) is 16.5. The molecule has 2 aromatic rings. The molecule has 1 amide bonds. The Balaban J connectivity index is 1.85. The van der Waals surface area contributed by atoms with Gasteiger partial charge in [-0.2, -0.15) is 0 Å². The van der Waals surface area contributed by atoms with Gasteiger partial charge in [-0.15, -0.1) is 0 Å². The van der Waals surface area contributed by atoms with Crippen molar-refractivity contribution in [3.63, 3.8) is 0 Å². The fourth-order valence-electron chi connectivity index (χ4n) is 1.87. The Morgan fingerprint density at radius 1 is 1.26 bits per heavy atom. The van der Waals surface area contributed by atoms with Gasteiger partial charge in [0.05, 0.1) is 6.26 Å². The normalized spacial score (nSPS) is 12.1. The van der Waals surface area contributed by atoms with E-state index in [1.165, 1.54) is 30.9 Å². The minimum atomic E-state index is -0.894. The second kappa shape index (κ2) is 7.98. The van der Waals surface area contributed by atoms with Crippen molar-refractivity contribution in [2.24, 2.45) is 0 Å². The van der Waals surface area contributed by atoms with E-state index in [-0.39, 0.29) is 5.91 Å². The lowest BCUT2D eigenvalue weighted by Crippen LogP contribution is -2.29. The van der Waals surface area contributed by atoms with Crippen molar-refractivity contribution >= 4 is 23.6 Å². The molecule has 0 bridgehead atoms. The predicted octanol–water partition coefficient (Wildman–Crippen LogP) is 3.43. The summed E-state index contributed by atoms with van der Waals surface area (Å²) in [5, 5.41) is 2.71. The Morgan fingerprint density at radius 3 is 2.61 bits per heavy atom. The number of esters is 1. The number of amides is 1. The molecule has 1 atom stereocenters. The van der Waals surface area contributed by atoms with Crippen molar-refractivity contribution < 1.29 is 18.7 Å². The summed E-state index contributed by atoms with van der Waals surface area (Å²) >= 11 is 0. The molecule has 120 valence electrons. The summed E-state index contributed by atoms with van der Waals surface area (Å²) in [5.41, 5.74) is 1.85. The molecule has 5 heteroatoms. The highest BCUT2D eigenvalue weighted by Gasteiger charge is 2.16. The monoisotopic (exact) mass is 313 g/mol. The Hall–Kier alpha value is -2.82. The summed E-state index contributed by atoms with van der Waals surface area (Å²) < 4.78 is 10.1. The second-order valence-corrected chi connectivity index (χ2v) is 4.97. The molecule has 0 aliphatic carbocycles. The third-order valence-corrected chi connectivity index (χ3v) is 3.22. The molecule has 0 unspecified atom stereocenters. The van der Waals surface area contributed by atoms with Crippen LogP contribution in [0.5, 0.6) is 0 Å². The van der Waals surface area contributed by atoms with Crippen LogP contribution in [0.1, 0.15) is 25.2 Å². The van der Waals surface area contributed by atoms with Crippen LogP contribution < -0.4 is 5.32 Å². The number of carbonyl (C=O) groups is 2. The minimum absolute atomic E-state index is 0.381. The minimum Gasteiger partial charge on any atom is -0.465 e. The number of aryl methyl sites for hydroxylation is 1. The lowest BCUT2D eigenvalue weighted by atomic mass is 10.1. The highest BCUT2D eigenvalue weighted by Crippen LogP contribution is 2.11. The van der Waals surface area contributed by atoms with Gasteiger partial charge in [0.2, 0.25) is 0 Å². The first-order valence-corrected chi connectivity index (χ1v) is 7.40. The molecule has 0 aliphatic rings. The van der Waals surface area contributed by atoms with Crippen LogP contribution >= 0.6 is 0 Å². The number of ether oxygens (including phenoxy) is 1. The van der Waals surface area contributed by atoms with Gasteiger partial charge in [-0.25, -0.2) is 4.79 Å². The van der Waals surface area contributed by atoms with Gasteiger partial charge in [0, 0.05) is 11.8 Å². The third kappa shape index (κ3) is 5.14. The molecular formula is C18H19NO4. The topological polar surface area (TPSA) is 68.5 Å². The van der Waals surface area contributed by atoms with E-state index in [4.69, 9.17) is 9.15 Å². The van der Waals surface area contributed by atoms with Gasteiger partial charge in [-0.3, -0.25) is 4.79 Å². The van der Waals surface area contributed by atoms with Crippen molar-refractivity contribution in [3.8, 4) is 0 Å². The molecule has 1 N–H and O–H groups in total. The molecule has 1 aromatic heterocycles. The van der Waals surface area contributed by atoms with Gasteiger partial charge in [-0.1, -0.05) is 19.1 Å². The average Bonchev–Trinajstić information content (AvgIpc) is 3.07. The number of hydrogen-bond donors (Lipinski definition) is 1. The third-order valence-electron chi connectivity index (χ3n) is 3.22. The molecular weight excluding hydrogens is 294 g/mol. The van der Waals surface area contributed by atoms with Crippen molar-refractivity contribution in [1.82, 2.24) is 0 Å². The predicted molar refractivity (Wildman–Crippen MR) is 87.7 cm³/mol. The highest BCUT2D eigenvalue weighted by atomic mass is 16.5. The van der Waals surface area contributed by atoms with E-state index in [0.717, 1.165) is 6.42 Å². The van der Waals surface area contributed by atoms with E-state index >= 15 is 0 Å². The molecule has 23 heavy (non-hydrogen) atoms. The van der Waals surface area contributed by atoms with Crippen LogP contribution in [0.2, 0.25) is 0 Å². The van der Waals surface area contributed by atoms with Crippen LogP contribution in [-0.2, 0) is 20.7 Å². The van der Waals surface area contributed by atoms with E-state index in [1.54, 1.807) is 12.1 Å². The summed E-state index contributed by atoms with van der Waals surface area (Å²) in [7, 11) is 0. The Morgan fingerprint density at radius 2 is 2.00 bits per heavy atom. The van der Waals surface area contributed by atoms with Crippen LogP contribution in [0.25, 0.3) is 6.08 Å². The zero-order chi connectivity index (χ0) is 16.7. The number of benzene rings is 1. The summed E-state index contributed by atoms with van der Waals surface area (Å²) in [5.74, 6) is -0.450. The quantitative estimate of drug-likeness (QED) is 0.655. The zero-order valence-electron chi connectivity index (χ0n) is 13.1. The van der Waals surface area contributed by atoms with Crippen molar-refractivity contribution in [3.05, 3.63) is 60.1 Å². The molecule has 1 aromatic carbocycles. The maximum atomic E-state index is 12.0. The highest BCUT2D eigenvalue weighted by molar-refractivity contribution is 5.96. The van der Waals surface area contributed by atoms with Crippen molar-refractivity contribution in [1.29, 1.82) is 0 Å². The van der Waals surface area contributed by atoms with Crippen molar-refractivity contribution in [2.75, 3.05) is 5.32 Å². The van der Waals surface area contributed by atoms with Crippen molar-refractivity contribution in [2.45, 2.75) is 26.4 Å². The zero-order valence-corrected chi connectivity index (χ0v) is 13.1. The van der Waals surface area contributed by atoms with Gasteiger partial charge >= 0.3 is 5.97 Å². The van der Waals surface area contributed by atoms with E-state index in [1.807, 2.05) is 24.3 Å². The fourth-order valence-corrected chi connectivity index (χ4v) is 1.87. The molecule has 0 fully saturated rings. The van der Waals surface area contributed by atoms with E-state index in [0.29, 0.717) is 11.4 Å². The van der Waals surface area contributed by atoms with Crippen LogP contribution in [-0.4, -0.2) is 18.0 Å². The Bertz CT molecular complexity index is 672. The van der Waals surface area contributed by atoms with Gasteiger partial charge in [0.15, 0.2) is 6.10 Å². The first-order chi connectivity index (χ1) is 11.1. The van der Waals surface area contributed by atoms with E-state index < -0.39 is 12.1 Å². The Kier molecular flexibility index (Phi) is 5.74. The largest absolute Gasteiger partial charge is 0.465 e. The number of carbonyl (C=O) groups excluding carboxylic acids is 2. The van der Waals surface area contributed by atoms with Crippen LogP contribution in [0.3, 0.4) is 0 Å². The smallest absolute Gasteiger partial charge is 0.331 e. The molecule has 0 saturated heterocycles. The number of hydrogen-bond acceptors (Lipinski definition) is 4. The SMILES string of the molecule is CCc1ccc(NC(=O)[C@@H](C)OC(=O)/C=C/c2ccco2)cc1. The molecule has 0 radical (unpaired) electrons. The lowest BCUT2D eigenvalue weighted by Gasteiger charge is -2.12. The lowest BCUT2D eigenvalue weighted by molar-refractivity contribution is -0.148. The summed E-state index contributed by atoms with van der Waals surface area (Å²) in [6.07, 6.45) is 4.25. The van der Waals surface area contributed by atoms with Gasteiger partial charge in [-0.05, 0) is 49.2 Å². The maximum absolute atomic E-state index is 12.0. The summed E-state index contributed by atoms with van der Waals surface area (Å²) in [6, 6.07) is 11.0. The summed E-state index contributed by atoms with van der Waals surface area (Å²) in [4.78, 5) is 23.7. The van der Waals surface area contributed by atoms with Crippen LogP contribution in [0.15, 0.2) is 53.2 Å². The number of anilines is 1. The van der Waals surface area contributed by atoms with Crippen LogP contribution in [0, 0.1) is 0 Å². The molecule has 0 saturated carbocycles. The van der Waals surface area contributed by atoms with Gasteiger partial charge < -0.3 is 14.5 Å². The number of nitrogens with one attached hydrogen (secondary N) is 1. The first-order valence-electron chi connectivity index (χ1n) is 7.40. The molecule has 5 nitrogen and oxygen atoms in total. The second-order valence-electron chi connectivity index (χ2n) is 4.97. The fraction of sp³-hybridized carbons (Fsp3) is 0.222. The summed E-state index contributed by atoms with van der Waals surface area (Å²) in [6.45, 7) is 3.58. The molecule has 2 rings (SSSR count). The average molecular weight is 313 g/mol. The standard InChI is InChI=1S/C18H19NO4/c1-3-14-6-8-15(9-7-14)19-18(21)13(2)23-17(20)11-10-16-5-4-12-22-16/h4-13H,3H2,1-2H3,(H,19,21)/b11-10+/t13-/m1/s1. The van der Waals surface area contributed by atoms with Gasteiger partial charge in [0.25, 0.3) is 5.91 Å². The molecule has 1 heterocycles. The Labute approximate surface area is 134 Å². The van der Waals surface area contributed by atoms with E-state index in [2.05, 4.69) is 12.2 Å². The van der Waals surface area contributed by atoms with E-state index in [9.17, 15) is 9.59 Å². The number of furan rings is 1. The van der Waals surface area contributed by atoms with Gasteiger partial charge in [0.1, 0.15) is 5.76 Å². The molecule has 0 aliphatic heterocycles.